The number of hydrogen-bond acceptors (Lipinski definition) is 3. The highest BCUT2D eigenvalue weighted by Gasteiger charge is 2.14. The maximum absolute atomic E-state index is 11.5. The minimum atomic E-state index is 0.0216. The first-order chi connectivity index (χ1) is 8.02. The van der Waals surface area contributed by atoms with Crippen LogP contribution in [-0.2, 0) is 0 Å². The molecule has 0 amide bonds. The van der Waals surface area contributed by atoms with Crippen LogP contribution in [0.15, 0.2) is 24.3 Å². The molecule has 0 aliphatic carbocycles. The Labute approximate surface area is 104 Å². The van der Waals surface area contributed by atoms with Gasteiger partial charge in [-0.2, -0.15) is 0 Å². The highest BCUT2D eigenvalue weighted by atomic mass is 32.1. The van der Waals surface area contributed by atoms with Gasteiger partial charge in [-0.3, -0.25) is 14.8 Å². The number of rotatable bonds is 2. The van der Waals surface area contributed by atoms with E-state index in [1.807, 2.05) is 42.7 Å². The SMILES string of the molecule is CC(=O)c1sc(=N)n(-c2ccccc2C)c1C. The molecule has 0 fully saturated rings. The van der Waals surface area contributed by atoms with Gasteiger partial charge in [0, 0.05) is 12.6 Å². The van der Waals surface area contributed by atoms with Gasteiger partial charge < -0.3 is 0 Å². The average Bonchev–Trinajstić information content (AvgIpc) is 2.56. The van der Waals surface area contributed by atoms with Crippen LogP contribution in [-0.4, -0.2) is 10.4 Å². The van der Waals surface area contributed by atoms with Crippen LogP contribution < -0.4 is 4.80 Å². The van der Waals surface area contributed by atoms with Crippen LogP contribution in [0, 0.1) is 19.3 Å². The van der Waals surface area contributed by atoms with Crippen molar-refractivity contribution in [3.8, 4) is 5.69 Å². The summed E-state index contributed by atoms with van der Waals surface area (Å²) in [7, 11) is 0. The molecule has 1 aromatic heterocycles. The second kappa shape index (κ2) is 4.30. The summed E-state index contributed by atoms with van der Waals surface area (Å²) in [5.74, 6) is 0.0216. The first-order valence-corrected chi connectivity index (χ1v) is 6.18. The minimum absolute atomic E-state index is 0.0216. The van der Waals surface area contributed by atoms with Gasteiger partial charge in [-0.05, 0) is 25.5 Å². The van der Waals surface area contributed by atoms with Gasteiger partial charge in [0.2, 0.25) is 0 Å². The quantitative estimate of drug-likeness (QED) is 0.814. The summed E-state index contributed by atoms with van der Waals surface area (Å²) in [6.45, 7) is 5.44. The molecule has 0 saturated carbocycles. The molecule has 0 unspecified atom stereocenters. The number of aromatic nitrogens is 1. The fraction of sp³-hybridized carbons (Fsp3) is 0.231. The number of carbonyl (C=O) groups is 1. The number of thiazole rings is 1. The number of carbonyl (C=O) groups excluding carboxylic acids is 1. The molecule has 0 aliphatic heterocycles. The molecule has 2 aromatic rings. The molecular weight excluding hydrogens is 232 g/mol. The summed E-state index contributed by atoms with van der Waals surface area (Å²) in [6.07, 6.45) is 0. The van der Waals surface area contributed by atoms with Gasteiger partial charge in [0.25, 0.3) is 0 Å². The predicted octanol–water partition coefficient (Wildman–Crippen LogP) is 2.84. The Balaban J connectivity index is 2.73. The van der Waals surface area contributed by atoms with Gasteiger partial charge in [0.15, 0.2) is 10.6 Å². The molecule has 0 saturated heterocycles. The molecule has 1 aromatic carbocycles. The Hall–Kier alpha value is -1.68. The molecule has 0 atom stereocenters. The summed E-state index contributed by atoms with van der Waals surface area (Å²) < 4.78 is 1.83. The van der Waals surface area contributed by atoms with E-state index in [1.165, 1.54) is 11.3 Å². The number of hydrogen-bond donors (Lipinski definition) is 1. The standard InChI is InChI=1S/C13H14N2OS/c1-8-6-4-5-7-11(8)15-9(2)12(10(3)16)17-13(15)14/h4-7,14H,1-3H3. The molecule has 3 nitrogen and oxygen atoms in total. The number of nitrogens with zero attached hydrogens (tertiary/aromatic N) is 1. The highest BCUT2D eigenvalue weighted by molar-refractivity contribution is 7.11. The van der Waals surface area contributed by atoms with Crippen LogP contribution in [0.2, 0.25) is 0 Å². The third-order valence-corrected chi connectivity index (χ3v) is 3.90. The zero-order valence-electron chi connectivity index (χ0n) is 10.1. The van der Waals surface area contributed by atoms with Crippen LogP contribution in [0.4, 0.5) is 0 Å². The lowest BCUT2D eigenvalue weighted by Gasteiger charge is -2.09. The van der Waals surface area contributed by atoms with Gasteiger partial charge in [-0.15, -0.1) is 0 Å². The van der Waals surface area contributed by atoms with Crippen LogP contribution in [0.3, 0.4) is 0 Å². The van der Waals surface area contributed by atoms with E-state index in [0.29, 0.717) is 9.68 Å². The number of ketones is 1. The Kier molecular flexibility index (Phi) is 2.98. The number of nitrogens with one attached hydrogen (secondary N) is 1. The Bertz CT molecular complexity index is 637. The lowest BCUT2D eigenvalue weighted by Crippen LogP contribution is -2.13. The predicted molar refractivity (Wildman–Crippen MR) is 69.0 cm³/mol. The normalized spacial score (nSPS) is 10.5. The first kappa shape index (κ1) is 11.8. The van der Waals surface area contributed by atoms with Gasteiger partial charge in [-0.25, -0.2) is 0 Å². The van der Waals surface area contributed by atoms with Crippen LogP contribution in [0.1, 0.15) is 27.9 Å². The highest BCUT2D eigenvalue weighted by Crippen LogP contribution is 2.19. The topological polar surface area (TPSA) is 45.9 Å². The molecule has 2 rings (SSSR count). The maximum Gasteiger partial charge on any atom is 0.187 e. The number of aryl methyl sites for hydroxylation is 1. The van der Waals surface area contributed by atoms with Crippen molar-refractivity contribution >= 4 is 17.1 Å². The molecule has 0 radical (unpaired) electrons. The molecule has 17 heavy (non-hydrogen) atoms. The fourth-order valence-corrected chi connectivity index (χ4v) is 2.80. The van der Waals surface area contributed by atoms with Crippen LogP contribution in [0.25, 0.3) is 5.69 Å². The summed E-state index contributed by atoms with van der Waals surface area (Å²) in [4.78, 5) is 12.5. The van der Waals surface area contributed by atoms with Gasteiger partial charge in [0.05, 0.1) is 10.6 Å². The van der Waals surface area contributed by atoms with Crippen LogP contribution >= 0.6 is 11.3 Å². The second-order valence-corrected chi connectivity index (χ2v) is 5.00. The van der Waals surface area contributed by atoms with Crippen molar-refractivity contribution in [2.45, 2.75) is 20.8 Å². The lowest BCUT2D eigenvalue weighted by atomic mass is 10.2. The van der Waals surface area contributed by atoms with E-state index in [0.717, 1.165) is 16.9 Å². The lowest BCUT2D eigenvalue weighted by molar-refractivity contribution is 0.102. The number of benzene rings is 1. The van der Waals surface area contributed by atoms with Crippen molar-refractivity contribution in [2.24, 2.45) is 0 Å². The molecule has 1 heterocycles. The largest absolute Gasteiger partial charge is 0.294 e. The van der Waals surface area contributed by atoms with Crippen LogP contribution in [0.5, 0.6) is 0 Å². The van der Waals surface area contributed by atoms with Gasteiger partial charge in [0.1, 0.15) is 0 Å². The third kappa shape index (κ3) is 1.96. The van der Waals surface area contributed by atoms with Crippen molar-refractivity contribution < 1.29 is 4.79 Å². The van der Waals surface area contributed by atoms with E-state index in [4.69, 9.17) is 5.41 Å². The van der Waals surface area contributed by atoms with E-state index < -0.39 is 0 Å². The molecule has 0 bridgehead atoms. The van der Waals surface area contributed by atoms with Gasteiger partial charge in [-0.1, -0.05) is 29.5 Å². The van der Waals surface area contributed by atoms with Crippen molar-refractivity contribution in [1.82, 2.24) is 4.57 Å². The summed E-state index contributed by atoms with van der Waals surface area (Å²) in [5, 5.41) is 7.99. The number of para-hydroxylation sites is 1. The second-order valence-electron chi connectivity index (χ2n) is 4.00. The van der Waals surface area contributed by atoms with Crippen molar-refractivity contribution in [3.05, 3.63) is 45.2 Å². The van der Waals surface area contributed by atoms with Gasteiger partial charge >= 0.3 is 0 Å². The summed E-state index contributed by atoms with van der Waals surface area (Å²) in [5.41, 5.74) is 2.92. The Morgan fingerprint density at radius 2 is 1.94 bits per heavy atom. The fourth-order valence-electron chi connectivity index (χ4n) is 1.90. The third-order valence-electron chi connectivity index (χ3n) is 2.74. The molecular formula is C13H14N2OS. The monoisotopic (exact) mass is 246 g/mol. The Morgan fingerprint density at radius 3 is 2.47 bits per heavy atom. The average molecular weight is 246 g/mol. The van der Waals surface area contributed by atoms with Crippen molar-refractivity contribution in [2.75, 3.05) is 0 Å². The smallest absolute Gasteiger partial charge is 0.187 e. The minimum Gasteiger partial charge on any atom is -0.294 e. The molecule has 0 aliphatic rings. The zero-order chi connectivity index (χ0) is 12.6. The van der Waals surface area contributed by atoms with E-state index in [2.05, 4.69) is 0 Å². The van der Waals surface area contributed by atoms with E-state index >= 15 is 0 Å². The van der Waals surface area contributed by atoms with E-state index in [-0.39, 0.29) is 5.78 Å². The van der Waals surface area contributed by atoms with Crippen molar-refractivity contribution in [1.29, 1.82) is 5.41 Å². The van der Waals surface area contributed by atoms with E-state index in [9.17, 15) is 4.79 Å². The molecule has 4 heteroatoms. The Morgan fingerprint density at radius 1 is 1.29 bits per heavy atom. The molecule has 1 N–H and O–H groups in total. The van der Waals surface area contributed by atoms with Crippen molar-refractivity contribution in [3.63, 3.8) is 0 Å². The summed E-state index contributed by atoms with van der Waals surface area (Å²) in [6, 6.07) is 7.89. The summed E-state index contributed by atoms with van der Waals surface area (Å²) >= 11 is 1.23. The zero-order valence-corrected chi connectivity index (χ0v) is 10.9. The molecule has 0 spiro atoms. The maximum atomic E-state index is 11.5. The van der Waals surface area contributed by atoms with E-state index in [1.54, 1.807) is 6.92 Å². The molecule has 88 valence electrons. The first-order valence-electron chi connectivity index (χ1n) is 5.36. The number of Topliss-reactive ketones (excluding diaryl/α,β-unsaturated/α-hetero) is 1.